The molecule has 0 radical (unpaired) electrons. The SMILES string of the molecule is CCCC(=O)Nc1n[nH]c2cc(-c3ccc(O)cc3)c(Nc3ccccc3)cc12. The molecule has 1 heterocycles. The van der Waals surface area contributed by atoms with Crippen molar-refractivity contribution in [3.05, 3.63) is 66.7 Å². The summed E-state index contributed by atoms with van der Waals surface area (Å²) in [5.74, 6) is 0.683. The van der Waals surface area contributed by atoms with Crippen LogP contribution >= 0.6 is 0 Å². The number of carbonyl (C=O) groups is 1. The Hall–Kier alpha value is -3.80. The molecule has 0 aliphatic carbocycles. The highest BCUT2D eigenvalue weighted by Gasteiger charge is 2.14. The minimum absolute atomic E-state index is 0.0546. The summed E-state index contributed by atoms with van der Waals surface area (Å²) in [6.45, 7) is 1.97. The van der Waals surface area contributed by atoms with Crippen LogP contribution in [-0.2, 0) is 4.79 Å². The molecular formula is C23H22N4O2. The quantitative estimate of drug-likeness (QED) is 0.356. The van der Waals surface area contributed by atoms with Crippen molar-refractivity contribution in [2.75, 3.05) is 10.6 Å². The molecule has 146 valence electrons. The fraction of sp³-hybridized carbons (Fsp3) is 0.130. The molecule has 4 N–H and O–H groups in total. The highest BCUT2D eigenvalue weighted by Crippen LogP contribution is 2.36. The first-order valence-corrected chi connectivity index (χ1v) is 9.57. The Morgan fingerprint density at radius 2 is 1.83 bits per heavy atom. The van der Waals surface area contributed by atoms with E-state index in [1.54, 1.807) is 12.1 Å². The van der Waals surface area contributed by atoms with Gasteiger partial charge < -0.3 is 15.7 Å². The van der Waals surface area contributed by atoms with Gasteiger partial charge in [-0.1, -0.05) is 37.3 Å². The second-order valence-electron chi connectivity index (χ2n) is 6.85. The Balaban J connectivity index is 1.81. The Bertz CT molecular complexity index is 1130. The molecule has 3 aromatic carbocycles. The van der Waals surface area contributed by atoms with Crippen LogP contribution in [0, 0.1) is 0 Å². The highest BCUT2D eigenvalue weighted by atomic mass is 16.3. The highest BCUT2D eigenvalue weighted by molar-refractivity contribution is 6.03. The van der Waals surface area contributed by atoms with Crippen molar-refractivity contribution in [2.45, 2.75) is 19.8 Å². The van der Waals surface area contributed by atoms with Gasteiger partial charge in [0.25, 0.3) is 0 Å². The van der Waals surface area contributed by atoms with Crippen molar-refractivity contribution in [1.82, 2.24) is 10.2 Å². The topological polar surface area (TPSA) is 90.0 Å². The van der Waals surface area contributed by atoms with Gasteiger partial charge in [0.05, 0.1) is 5.52 Å². The average Bonchev–Trinajstić information content (AvgIpc) is 3.11. The van der Waals surface area contributed by atoms with Crippen molar-refractivity contribution in [3.8, 4) is 16.9 Å². The zero-order chi connectivity index (χ0) is 20.2. The monoisotopic (exact) mass is 386 g/mol. The van der Waals surface area contributed by atoms with E-state index < -0.39 is 0 Å². The van der Waals surface area contributed by atoms with Gasteiger partial charge in [0.2, 0.25) is 5.91 Å². The summed E-state index contributed by atoms with van der Waals surface area (Å²) >= 11 is 0. The number of amides is 1. The number of anilines is 3. The number of rotatable bonds is 6. The van der Waals surface area contributed by atoms with E-state index in [2.05, 4.69) is 20.8 Å². The Kier molecular flexibility index (Phi) is 5.16. The van der Waals surface area contributed by atoms with Crippen LogP contribution in [0.5, 0.6) is 5.75 Å². The van der Waals surface area contributed by atoms with E-state index in [1.807, 2.05) is 61.5 Å². The van der Waals surface area contributed by atoms with Crippen molar-refractivity contribution in [2.24, 2.45) is 0 Å². The third-order valence-electron chi connectivity index (χ3n) is 4.67. The van der Waals surface area contributed by atoms with Gasteiger partial charge in [-0.15, -0.1) is 0 Å². The lowest BCUT2D eigenvalue weighted by Crippen LogP contribution is -2.11. The summed E-state index contributed by atoms with van der Waals surface area (Å²) in [5, 5.41) is 24.1. The maximum Gasteiger partial charge on any atom is 0.225 e. The predicted octanol–water partition coefficient (Wildman–Crippen LogP) is 5.42. The fourth-order valence-electron chi connectivity index (χ4n) is 3.24. The number of nitrogens with one attached hydrogen (secondary N) is 3. The van der Waals surface area contributed by atoms with Gasteiger partial charge >= 0.3 is 0 Å². The van der Waals surface area contributed by atoms with E-state index >= 15 is 0 Å². The zero-order valence-electron chi connectivity index (χ0n) is 16.1. The summed E-state index contributed by atoms with van der Waals surface area (Å²) in [6, 6.07) is 20.9. The number of benzene rings is 3. The molecule has 4 rings (SSSR count). The summed E-state index contributed by atoms with van der Waals surface area (Å²) in [7, 11) is 0. The second-order valence-corrected chi connectivity index (χ2v) is 6.85. The largest absolute Gasteiger partial charge is 0.508 e. The summed E-state index contributed by atoms with van der Waals surface area (Å²) in [4.78, 5) is 12.0. The van der Waals surface area contributed by atoms with Crippen LogP contribution in [0.2, 0.25) is 0 Å². The van der Waals surface area contributed by atoms with Crippen LogP contribution in [0.3, 0.4) is 0 Å². The number of phenolic OH excluding ortho intramolecular Hbond substituents is 1. The lowest BCUT2D eigenvalue weighted by atomic mass is 10.0. The molecule has 0 unspecified atom stereocenters. The first kappa shape index (κ1) is 18.6. The molecule has 4 aromatic rings. The van der Waals surface area contributed by atoms with Crippen LogP contribution in [0.15, 0.2) is 66.7 Å². The van der Waals surface area contributed by atoms with Gasteiger partial charge in [-0.2, -0.15) is 5.10 Å². The molecule has 1 amide bonds. The van der Waals surface area contributed by atoms with E-state index in [-0.39, 0.29) is 11.7 Å². The van der Waals surface area contributed by atoms with Crippen LogP contribution in [-0.4, -0.2) is 21.2 Å². The molecule has 0 atom stereocenters. The molecule has 0 spiro atoms. The molecule has 6 nitrogen and oxygen atoms in total. The minimum Gasteiger partial charge on any atom is -0.508 e. The van der Waals surface area contributed by atoms with Gasteiger partial charge in [-0.05, 0) is 48.4 Å². The number of fused-ring (bicyclic) bond motifs is 1. The molecule has 0 bridgehead atoms. The van der Waals surface area contributed by atoms with Gasteiger partial charge in [0.1, 0.15) is 5.75 Å². The fourth-order valence-corrected chi connectivity index (χ4v) is 3.24. The number of aromatic hydroxyl groups is 1. The number of para-hydroxylation sites is 1. The molecule has 0 fully saturated rings. The first-order chi connectivity index (χ1) is 14.1. The van der Waals surface area contributed by atoms with Crippen molar-refractivity contribution >= 4 is 34.0 Å². The van der Waals surface area contributed by atoms with Gasteiger partial charge in [-0.3, -0.25) is 9.89 Å². The molecule has 6 heteroatoms. The number of nitrogens with zero attached hydrogens (tertiary/aromatic N) is 1. The van der Waals surface area contributed by atoms with Crippen LogP contribution in [0.25, 0.3) is 22.0 Å². The smallest absolute Gasteiger partial charge is 0.225 e. The van der Waals surface area contributed by atoms with Gasteiger partial charge in [0, 0.05) is 28.7 Å². The Morgan fingerprint density at radius 3 is 2.55 bits per heavy atom. The molecule has 0 aliphatic rings. The number of phenols is 1. The molecular weight excluding hydrogens is 364 g/mol. The Morgan fingerprint density at radius 1 is 1.07 bits per heavy atom. The maximum absolute atomic E-state index is 12.0. The number of H-pyrrole nitrogens is 1. The molecule has 1 aromatic heterocycles. The standard InChI is InChI=1S/C23H22N4O2/c1-2-6-22(29)25-23-19-14-20(24-16-7-4-3-5-8-16)18(13-21(19)26-27-23)15-9-11-17(28)12-10-15/h3-5,7-14,24,28H,2,6H2,1H3,(H2,25,26,27,29). The summed E-state index contributed by atoms with van der Waals surface area (Å²) in [6.07, 6.45) is 1.23. The van der Waals surface area contributed by atoms with E-state index in [0.717, 1.165) is 39.8 Å². The third kappa shape index (κ3) is 4.06. The van der Waals surface area contributed by atoms with Crippen molar-refractivity contribution < 1.29 is 9.90 Å². The molecule has 29 heavy (non-hydrogen) atoms. The van der Waals surface area contributed by atoms with Crippen LogP contribution in [0.4, 0.5) is 17.2 Å². The molecule has 0 saturated carbocycles. The van der Waals surface area contributed by atoms with E-state index in [4.69, 9.17) is 0 Å². The predicted molar refractivity (Wildman–Crippen MR) is 116 cm³/mol. The molecule has 0 saturated heterocycles. The van der Waals surface area contributed by atoms with Gasteiger partial charge in [0.15, 0.2) is 5.82 Å². The number of aromatic nitrogens is 2. The third-order valence-corrected chi connectivity index (χ3v) is 4.67. The van der Waals surface area contributed by atoms with Crippen LogP contribution < -0.4 is 10.6 Å². The number of carbonyl (C=O) groups excluding carboxylic acids is 1. The Labute approximate surface area is 168 Å². The van der Waals surface area contributed by atoms with Gasteiger partial charge in [-0.25, -0.2) is 0 Å². The average molecular weight is 386 g/mol. The lowest BCUT2D eigenvalue weighted by molar-refractivity contribution is -0.116. The maximum atomic E-state index is 12.0. The zero-order valence-corrected chi connectivity index (χ0v) is 16.1. The normalized spacial score (nSPS) is 10.8. The van der Waals surface area contributed by atoms with Crippen LogP contribution in [0.1, 0.15) is 19.8 Å². The second kappa shape index (κ2) is 8.06. The number of hydrogen-bond acceptors (Lipinski definition) is 4. The lowest BCUT2D eigenvalue weighted by Gasteiger charge is -2.13. The van der Waals surface area contributed by atoms with E-state index in [0.29, 0.717) is 12.2 Å². The number of aromatic amines is 1. The number of hydrogen-bond donors (Lipinski definition) is 4. The van der Waals surface area contributed by atoms with E-state index in [9.17, 15) is 9.90 Å². The van der Waals surface area contributed by atoms with Crippen molar-refractivity contribution in [1.29, 1.82) is 0 Å². The van der Waals surface area contributed by atoms with E-state index in [1.165, 1.54) is 0 Å². The molecule has 0 aliphatic heterocycles. The summed E-state index contributed by atoms with van der Waals surface area (Å²) in [5.41, 5.74) is 4.55. The minimum atomic E-state index is -0.0546. The van der Waals surface area contributed by atoms with Crippen molar-refractivity contribution in [3.63, 3.8) is 0 Å². The first-order valence-electron chi connectivity index (χ1n) is 9.57. The summed E-state index contributed by atoms with van der Waals surface area (Å²) < 4.78 is 0.